The van der Waals surface area contributed by atoms with Crippen LogP contribution in [0.2, 0.25) is 0 Å². The first-order valence-corrected chi connectivity index (χ1v) is 9.81. The van der Waals surface area contributed by atoms with E-state index in [-0.39, 0.29) is 18.1 Å². The first kappa shape index (κ1) is 18.0. The average Bonchev–Trinajstić information content (AvgIpc) is 3.08. The number of hydrogen-bond donors (Lipinski definition) is 0. The highest BCUT2D eigenvalue weighted by molar-refractivity contribution is 5.66. The molecule has 2 heterocycles. The first-order chi connectivity index (χ1) is 12.6. The summed E-state index contributed by atoms with van der Waals surface area (Å²) in [4.78, 5) is 14.1. The maximum Gasteiger partial charge on any atom is 0.302 e. The van der Waals surface area contributed by atoms with E-state index >= 15 is 0 Å². The smallest absolute Gasteiger partial charge is 0.302 e. The van der Waals surface area contributed by atoms with E-state index in [1.807, 2.05) is 6.07 Å². The molecule has 0 amide bonds. The third-order valence-corrected chi connectivity index (χ3v) is 6.32. The van der Waals surface area contributed by atoms with E-state index in [1.54, 1.807) is 0 Å². The molecule has 0 N–H and O–H groups in total. The zero-order chi connectivity index (χ0) is 18.1. The second-order valence-electron chi connectivity index (χ2n) is 7.96. The standard InChI is InChI=1S/C21H29NO4/c1-15-20(26-16(2)23)12-18-8-9-21(24-10-11-25-21)13-19(18)22(15)14-17-6-4-3-5-7-17/h3-7,15,18-20H,8-14H2,1-2H3/t15-,18+,19+,20+/m0/s1. The van der Waals surface area contributed by atoms with Gasteiger partial charge in [-0.2, -0.15) is 0 Å². The number of ether oxygens (including phenoxy) is 3. The Morgan fingerprint density at radius 1 is 1.27 bits per heavy atom. The fourth-order valence-corrected chi connectivity index (χ4v) is 5.03. The molecule has 1 aromatic carbocycles. The minimum Gasteiger partial charge on any atom is -0.461 e. The summed E-state index contributed by atoms with van der Waals surface area (Å²) in [5, 5.41) is 0. The van der Waals surface area contributed by atoms with Crippen molar-refractivity contribution in [3.63, 3.8) is 0 Å². The number of rotatable bonds is 3. The van der Waals surface area contributed by atoms with Crippen molar-refractivity contribution in [3.05, 3.63) is 35.9 Å². The second kappa shape index (κ2) is 7.29. The fraction of sp³-hybridized carbons (Fsp3) is 0.667. The van der Waals surface area contributed by atoms with Gasteiger partial charge in [-0.25, -0.2) is 0 Å². The molecule has 4 rings (SSSR count). The van der Waals surface area contributed by atoms with E-state index in [2.05, 4.69) is 36.1 Å². The summed E-state index contributed by atoms with van der Waals surface area (Å²) in [5.41, 5.74) is 1.29. The number of hydrogen-bond acceptors (Lipinski definition) is 5. The molecule has 3 aliphatic rings. The highest BCUT2D eigenvalue weighted by Gasteiger charge is 2.51. The van der Waals surface area contributed by atoms with E-state index in [9.17, 15) is 4.79 Å². The monoisotopic (exact) mass is 359 g/mol. The lowest BCUT2D eigenvalue weighted by Crippen LogP contribution is -2.60. The van der Waals surface area contributed by atoms with Crippen molar-refractivity contribution < 1.29 is 19.0 Å². The topological polar surface area (TPSA) is 48.0 Å². The molecule has 0 radical (unpaired) electrons. The molecule has 26 heavy (non-hydrogen) atoms. The van der Waals surface area contributed by atoms with Crippen molar-refractivity contribution in [1.82, 2.24) is 4.90 Å². The molecule has 1 aliphatic carbocycles. The number of benzene rings is 1. The number of fused-ring (bicyclic) bond motifs is 1. The van der Waals surface area contributed by atoms with E-state index in [1.165, 1.54) is 12.5 Å². The van der Waals surface area contributed by atoms with Gasteiger partial charge in [-0.05, 0) is 31.2 Å². The van der Waals surface area contributed by atoms with Crippen LogP contribution in [-0.2, 0) is 25.5 Å². The van der Waals surface area contributed by atoms with Crippen LogP contribution in [0.5, 0.6) is 0 Å². The quantitative estimate of drug-likeness (QED) is 0.776. The van der Waals surface area contributed by atoms with Crippen LogP contribution in [0.4, 0.5) is 0 Å². The van der Waals surface area contributed by atoms with E-state index < -0.39 is 5.79 Å². The Balaban J connectivity index is 1.59. The van der Waals surface area contributed by atoms with Crippen LogP contribution in [0.1, 0.15) is 45.1 Å². The highest BCUT2D eigenvalue weighted by Crippen LogP contribution is 2.46. The summed E-state index contributed by atoms with van der Waals surface area (Å²) in [6.45, 7) is 5.95. The Kier molecular flexibility index (Phi) is 5.04. The van der Waals surface area contributed by atoms with Crippen LogP contribution >= 0.6 is 0 Å². The Labute approximate surface area is 155 Å². The molecular formula is C21H29NO4. The van der Waals surface area contributed by atoms with Crippen molar-refractivity contribution in [1.29, 1.82) is 0 Å². The Bertz CT molecular complexity index is 628. The molecule has 5 nitrogen and oxygen atoms in total. The molecule has 0 unspecified atom stereocenters. The van der Waals surface area contributed by atoms with E-state index in [0.29, 0.717) is 25.2 Å². The Morgan fingerprint density at radius 2 is 2.00 bits per heavy atom. The van der Waals surface area contributed by atoms with Crippen LogP contribution in [0, 0.1) is 5.92 Å². The predicted molar refractivity (Wildman–Crippen MR) is 97.4 cm³/mol. The third kappa shape index (κ3) is 3.53. The average molecular weight is 359 g/mol. The van der Waals surface area contributed by atoms with Crippen molar-refractivity contribution in [2.75, 3.05) is 13.2 Å². The SMILES string of the molecule is CC(=O)O[C@@H]1C[C@H]2CCC3(C[C@H]2N(Cc2ccccc2)[C@H]1C)OCCO3. The molecule has 2 saturated heterocycles. The van der Waals surface area contributed by atoms with Gasteiger partial charge in [0.2, 0.25) is 0 Å². The number of esters is 1. The molecule has 0 aromatic heterocycles. The van der Waals surface area contributed by atoms with Crippen LogP contribution < -0.4 is 0 Å². The maximum absolute atomic E-state index is 11.6. The molecule has 5 heteroatoms. The van der Waals surface area contributed by atoms with E-state index in [4.69, 9.17) is 14.2 Å². The number of carbonyl (C=O) groups is 1. The molecule has 1 aromatic rings. The number of carbonyl (C=O) groups excluding carboxylic acids is 1. The molecular weight excluding hydrogens is 330 g/mol. The maximum atomic E-state index is 11.6. The summed E-state index contributed by atoms with van der Waals surface area (Å²) in [7, 11) is 0. The predicted octanol–water partition coefficient (Wildman–Crippen LogP) is 3.12. The number of nitrogens with zero attached hydrogens (tertiary/aromatic N) is 1. The first-order valence-electron chi connectivity index (χ1n) is 9.81. The van der Waals surface area contributed by atoms with Gasteiger partial charge in [0.1, 0.15) is 6.10 Å². The van der Waals surface area contributed by atoms with Crippen LogP contribution in [-0.4, -0.2) is 48.1 Å². The van der Waals surface area contributed by atoms with Gasteiger partial charge in [0.25, 0.3) is 0 Å². The number of piperidine rings is 1. The minimum absolute atomic E-state index is 0.0445. The van der Waals surface area contributed by atoms with Crippen molar-refractivity contribution in [2.45, 2.75) is 70.1 Å². The van der Waals surface area contributed by atoms with Crippen molar-refractivity contribution in [3.8, 4) is 0 Å². The summed E-state index contributed by atoms with van der Waals surface area (Å²) >= 11 is 0. The van der Waals surface area contributed by atoms with Gasteiger partial charge in [-0.1, -0.05) is 30.3 Å². The third-order valence-electron chi connectivity index (χ3n) is 6.32. The van der Waals surface area contributed by atoms with Gasteiger partial charge in [0, 0.05) is 38.4 Å². The van der Waals surface area contributed by atoms with Gasteiger partial charge < -0.3 is 14.2 Å². The zero-order valence-corrected chi connectivity index (χ0v) is 15.7. The van der Waals surface area contributed by atoms with Gasteiger partial charge >= 0.3 is 5.97 Å². The summed E-state index contributed by atoms with van der Waals surface area (Å²) in [5.74, 6) is -0.0724. The minimum atomic E-state index is -0.399. The Morgan fingerprint density at radius 3 is 2.69 bits per heavy atom. The van der Waals surface area contributed by atoms with E-state index in [0.717, 1.165) is 32.2 Å². The summed E-state index contributed by atoms with van der Waals surface area (Å²) in [6, 6.07) is 11.1. The molecule has 0 bridgehead atoms. The lowest BCUT2D eigenvalue weighted by atomic mass is 9.73. The van der Waals surface area contributed by atoms with Gasteiger partial charge in [0.15, 0.2) is 5.79 Å². The van der Waals surface area contributed by atoms with Gasteiger partial charge in [-0.15, -0.1) is 0 Å². The lowest BCUT2D eigenvalue weighted by Gasteiger charge is -2.53. The molecule has 142 valence electrons. The molecule has 1 spiro atoms. The van der Waals surface area contributed by atoms with Crippen LogP contribution in [0.3, 0.4) is 0 Å². The van der Waals surface area contributed by atoms with Gasteiger partial charge in [-0.3, -0.25) is 9.69 Å². The van der Waals surface area contributed by atoms with Crippen LogP contribution in [0.25, 0.3) is 0 Å². The largest absolute Gasteiger partial charge is 0.461 e. The summed E-state index contributed by atoms with van der Waals surface area (Å²) in [6.07, 6.45) is 3.79. The van der Waals surface area contributed by atoms with Crippen LogP contribution in [0.15, 0.2) is 30.3 Å². The molecule has 4 atom stereocenters. The summed E-state index contributed by atoms with van der Waals surface area (Å²) < 4.78 is 17.7. The lowest BCUT2D eigenvalue weighted by molar-refractivity contribution is -0.214. The van der Waals surface area contributed by atoms with Crippen molar-refractivity contribution >= 4 is 5.97 Å². The molecule has 2 aliphatic heterocycles. The Hall–Kier alpha value is -1.43. The van der Waals surface area contributed by atoms with Crippen molar-refractivity contribution in [2.24, 2.45) is 5.92 Å². The fourth-order valence-electron chi connectivity index (χ4n) is 5.03. The number of likely N-dealkylation sites (tertiary alicyclic amines) is 1. The van der Waals surface area contributed by atoms with Gasteiger partial charge in [0.05, 0.1) is 13.2 Å². The normalized spacial score (nSPS) is 33.8. The molecule has 3 fully saturated rings. The molecule has 1 saturated carbocycles. The zero-order valence-electron chi connectivity index (χ0n) is 15.7. The highest BCUT2D eigenvalue weighted by atomic mass is 16.7. The second-order valence-corrected chi connectivity index (χ2v) is 7.96.